The highest BCUT2D eigenvalue weighted by molar-refractivity contribution is 9.10. The Bertz CT molecular complexity index is 398. The first-order valence-corrected chi connectivity index (χ1v) is 4.71. The summed E-state index contributed by atoms with van der Waals surface area (Å²) < 4.78 is 5.17. The maximum Gasteiger partial charge on any atom is 0.340 e. The molecule has 72 valence electrons. The van der Waals surface area contributed by atoms with Crippen LogP contribution in [0.25, 0.3) is 0 Å². The molecule has 4 nitrogen and oxygen atoms in total. The zero-order valence-electron chi connectivity index (χ0n) is 7.45. The van der Waals surface area contributed by atoms with Crippen LogP contribution < -0.4 is 0 Å². The van der Waals surface area contributed by atoms with Gasteiger partial charge in [-0.05, 0) is 28.9 Å². The summed E-state index contributed by atoms with van der Waals surface area (Å²) in [5.74, 6) is -0.482. The molecular formula is C9H7BrN2O2. The van der Waals surface area contributed by atoms with Crippen molar-refractivity contribution in [3.63, 3.8) is 0 Å². The van der Waals surface area contributed by atoms with Crippen molar-refractivity contribution in [2.24, 2.45) is 0 Å². The lowest BCUT2D eigenvalue weighted by Gasteiger charge is -2.02. The van der Waals surface area contributed by atoms with Crippen LogP contribution in [0.2, 0.25) is 0 Å². The number of hydrogen-bond acceptors (Lipinski definition) is 4. The summed E-state index contributed by atoms with van der Waals surface area (Å²) in [6.45, 7) is 2.01. The minimum Gasteiger partial charge on any atom is -0.462 e. The molecule has 0 saturated heterocycles. The fourth-order valence-corrected chi connectivity index (χ4v) is 1.24. The van der Waals surface area contributed by atoms with Gasteiger partial charge in [-0.2, -0.15) is 5.26 Å². The number of pyridine rings is 1. The highest BCUT2D eigenvalue weighted by Crippen LogP contribution is 2.15. The van der Waals surface area contributed by atoms with Crippen LogP contribution in [-0.4, -0.2) is 17.6 Å². The minimum absolute atomic E-state index is 0.269. The fraction of sp³-hybridized carbons (Fsp3) is 0.222. The van der Waals surface area contributed by atoms with Gasteiger partial charge in [0.05, 0.1) is 17.7 Å². The van der Waals surface area contributed by atoms with Crippen LogP contribution in [0.1, 0.15) is 22.8 Å². The highest BCUT2D eigenvalue weighted by atomic mass is 79.9. The van der Waals surface area contributed by atoms with E-state index in [2.05, 4.69) is 20.9 Å². The number of esters is 1. The van der Waals surface area contributed by atoms with Crippen molar-refractivity contribution in [1.82, 2.24) is 4.98 Å². The Labute approximate surface area is 89.6 Å². The van der Waals surface area contributed by atoms with E-state index >= 15 is 0 Å². The fourth-order valence-electron chi connectivity index (χ4n) is 0.861. The third-order valence-electron chi connectivity index (χ3n) is 1.46. The SMILES string of the molecule is CCOC(=O)c1cc(C#N)cnc1Br. The van der Waals surface area contributed by atoms with E-state index in [1.807, 2.05) is 6.07 Å². The zero-order valence-corrected chi connectivity index (χ0v) is 9.04. The number of hydrogen-bond donors (Lipinski definition) is 0. The Balaban J connectivity index is 3.07. The number of ether oxygens (including phenoxy) is 1. The van der Waals surface area contributed by atoms with Crippen molar-refractivity contribution in [2.45, 2.75) is 6.92 Å². The molecule has 0 unspecified atom stereocenters. The maximum atomic E-state index is 11.3. The summed E-state index contributed by atoms with van der Waals surface area (Å²) in [6.07, 6.45) is 1.38. The smallest absolute Gasteiger partial charge is 0.340 e. The van der Waals surface area contributed by atoms with E-state index < -0.39 is 5.97 Å². The largest absolute Gasteiger partial charge is 0.462 e. The van der Waals surface area contributed by atoms with Gasteiger partial charge in [-0.15, -0.1) is 0 Å². The van der Waals surface area contributed by atoms with Crippen molar-refractivity contribution >= 4 is 21.9 Å². The summed E-state index contributed by atoms with van der Waals surface area (Å²) in [4.78, 5) is 15.2. The molecule has 0 aliphatic heterocycles. The molecule has 1 rings (SSSR count). The van der Waals surface area contributed by atoms with E-state index in [1.54, 1.807) is 6.92 Å². The molecule has 1 aromatic rings. The molecule has 0 radical (unpaired) electrons. The highest BCUT2D eigenvalue weighted by Gasteiger charge is 2.12. The topological polar surface area (TPSA) is 63.0 Å². The Hall–Kier alpha value is -1.41. The Kier molecular flexibility index (Phi) is 3.60. The summed E-state index contributed by atoms with van der Waals surface area (Å²) in [7, 11) is 0. The van der Waals surface area contributed by atoms with Crippen LogP contribution in [0.3, 0.4) is 0 Å². The second-order valence-corrected chi connectivity index (χ2v) is 3.15. The van der Waals surface area contributed by atoms with Gasteiger partial charge < -0.3 is 4.74 Å². The third-order valence-corrected chi connectivity index (χ3v) is 2.10. The first-order chi connectivity index (χ1) is 6.69. The second-order valence-electron chi connectivity index (χ2n) is 2.39. The van der Waals surface area contributed by atoms with Gasteiger partial charge in [0.25, 0.3) is 0 Å². The van der Waals surface area contributed by atoms with E-state index in [0.717, 1.165) is 0 Å². The quantitative estimate of drug-likeness (QED) is 0.598. The molecule has 14 heavy (non-hydrogen) atoms. The average Bonchev–Trinajstić information content (AvgIpc) is 2.19. The van der Waals surface area contributed by atoms with Gasteiger partial charge in [0.1, 0.15) is 10.7 Å². The van der Waals surface area contributed by atoms with E-state index in [0.29, 0.717) is 16.8 Å². The molecule has 1 aromatic heterocycles. The minimum atomic E-state index is -0.482. The molecule has 5 heteroatoms. The Morgan fingerprint density at radius 1 is 1.79 bits per heavy atom. The molecular weight excluding hydrogens is 248 g/mol. The summed E-state index contributed by atoms with van der Waals surface area (Å²) in [5, 5.41) is 8.61. The lowest BCUT2D eigenvalue weighted by Crippen LogP contribution is -2.06. The summed E-state index contributed by atoms with van der Waals surface area (Å²) in [6, 6.07) is 3.34. The van der Waals surface area contributed by atoms with Crippen molar-refractivity contribution in [2.75, 3.05) is 6.61 Å². The predicted molar refractivity (Wildman–Crippen MR) is 52.6 cm³/mol. The second kappa shape index (κ2) is 4.72. The standard InChI is InChI=1S/C9H7BrN2O2/c1-2-14-9(13)7-3-6(4-11)5-12-8(7)10/h3,5H,2H2,1H3. The molecule has 0 saturated carbocycles. The zero-order chi connectivity index (χ0) is 10.6. The predicted octanol–water partition coefficient (Wildman–Crippen LogP) is 1.89. The van der Waals surface area contributed by atoms with Crippen molar-refractivity contribution in [3.05, 3.63) is 28.0 Å². The average molecular weight is 255 g/mol. The number of aromatic nitrogens is 1. The van der Waals surface area contributed by atoms with Crippen molar-refractivity contribution < 1.29 is 9.53 Å². The number of nitriles is 1. The van der Waals surface area contributed by atoms with Crippen LogP contribution in [-0.2, 0) is 4.74 Å². The molecule has 0 aliphatic carbocycles. The molecule has 0 atom stereocenters. The molecule has 1 heterocycles. The number of carbonyl (C=O) groups excluding carboxylic acids is 1. The Morgan fingerprint density at radius 2 is 2.50 bits per heavy atom. The van der Waals surface area contributed by atoms with Gasteiger partial charge >= 0.3 is 5.97 Å². The maximum absolute atomic E-state index is 11.3. The van der Waals surface area contributed by atoms with Gasteiger partial charge in [0.15, 0.2) is 0 Å². The van der Waals surface area contributed by atoms with Gasteiger partial charge in [-0.25, -0.2) is 9.78 Å². The lowest BCUT2D eigenvalue weighted by molar-refractivity contribution is 0.0524. The van der Waals surface area contributed by atoms with E-state index in [1.165, 1.54) is 12.3 Å². The molecule has 0 amide bonds. The van der Waals surface area contributed by atoms with Crippen molar-refractivity contribution in [3.8, 4) is 6.07 Å². The van der Waals surface area contributed by atoms with Gasteiger partial charge in [0, 0.05) is 6.20 Å². The van der Waals surface area contributed by atoms with Gasteiger partial charge in [-0.1, -0.05) is 0 Å². The normalized spacial score (nSPS) is 9.21. The number of halogens is 1. The summed E-state index contributed by atoms with van der Waals surface area (Å²) >= 11 is 3.11. The number of rotatable bonds is 2. The van der Waals surface area contributed by atoms with E-state index in [-0.39, 0.29) is 5.56 Å². The first-order valence-electron chi connectivity index (χ1n) is 3.91. The van der Waals surface area contributed by atoms with Crippen LogP contribution in [0.4, 0.5) is 0 Å². The third kappa shape index (κ3) is 2.30. The van der Waals surface area contributed by atoms with E-state index in [9.17, 15) is 4.79 Å². The monoisotopic (exact) mass is 254 g/mol. The Morgan fingerprint density at radius 3 is 3.07 bits per heavy atom. The molecule has 0 fully saturated rings. The van der Waals surface area contributed by atoms with Crippen LogP contribution in [0.5, 0.6) is 0 Å². The van der Waals surface area contributed by atoms with Gasteiger partial charge in [0.2, 0.25) is 0 Å². The van der Waals surface area contributed by atoms with Crippen molar-refractivity contribution in [1.29, 1.82) is 5.26 Å². The number of nitrogens with zero attached hydrogens (tertiary/aromatic N) is 2. The lowest BCUT2D eigenvalue weighted by atomic mass is 10.2. The van der Waals surface area contributed by atoms with Gasteiger partial charge in [-0.3, -0.25) is 0 Å². The number of carbonyl (C=O) groups is 1. The van der Waals surface area contributed by atoms with E-state index in [4.69, 9.17) is 10.00 Å². The van der Waals surface area contributed by atoms with Crippen LogP contribution in [0, 0.1) is 11.3 Å². The van der Waals surface area contributed by atoms with Crippen LogP contribution in [0.15, 0.2) is 16.9 Å². The molecule has 0 aromatic carbocycles. The first kappa shape index (κ1) is 10.7. The molecule has 0 spiro atoms. The summed E-state index contributed by atoms with van der Waals surface area (Å²) in [5.41, 5.74) is 0.599. The molecule has 0 aliphatic rings. The van der Waals surface area contributed by atoms with Crippen LogP contribution >= 0.6 is 15.9 Å². The molecule has 0 N–H and O–H groups in total. The molecule has 0 bridgehead atoms.